The van der Waals surface area contributed by atoms with E-state index in [4.69, 9.17) is 28.4 Å². The van der Waals surface area contributed by atoms with Gasteiger partial charge in [0.15, 0.2) is 6.79 Å². The van der Waals surface area contributed by atoms with Crippen LogP contribution in [0.15, 0.2) is 12.1 Å². The summed E-state index contributed by atoms with van der Waals surface area (Å²) < 4.78 is 34.1. The van der Waals surface area contributed by atoms with Crippen molar-refractivity contribution in [1.29, 1.82) is 0 Å². The van der Waals surface area contributed by atoms with Crippen LogP contribution in [0.2, 0.25) is 0 Å². The molecule has 1 heterocycles. The second kappa shape index (κ2) is 10.5. The fraction of sp³-hybridized carbons (Fsp3) is 0.750. The zero-order valence-corrected chi connectivity index (χ0v) is 19.6. The van der Waals surface area contributed by atoms with E-state index in [2.05, 4.69) is 26.8 Å². The zero-order chi connectivity index (χ0) is 22.5. The van der Waals surface area contributed by atoms with Crippen LogP contribution >= 0.6 is 0 Å². The van der Waals surface area contributed by atoms with Gasteiger partial charge in [0, 0.05) is 20.1 Å². The second-order valence-corrected chi connectivity index (χ2v) is 9.29. The maximum atomic E-state index is 10.6. The number of aliphatic hydroxyl groups is 1. The van der Waals surface area contributed by atoms with Crippen LogP contribution in [0.5, 0.6) is 11.5 Å². The second-order valence-electron chi connectivity index (χ2n) is 9.29. The highest BCUT2D eigenvalue weighted by atomic mass is 16.7. The Balaban J connectivity index is 1.85. The lowest BCUT2D eigenvalue weighted by molar-refractivity contribution is -0.138. The number of methoxy groups -OCH3 is 2. The predicted octanol–water partition coefficient (Wildman–Crippen LogP) is 3.34. The van der Waals surface area contributed by atoms with Gasteiger partial charge >= 0.3 is 0 Å². The normalized spacial score (nSPS) is 26.6. The van der Waals surface area contributed by atoms with Crippen LogP contribution < -0.4 is 9.47 Å². The van der Waals surface area contributed by atoms with Gasteiger partial charge < -0.3 is 33.5 Å². The first-order valence-corrected chi connectivity index (χ1v) is 11.1. The Bertz CT molecular complexity index is 720. The molecule has 1 fully saturated rings. The van der Waals surface area contributed by atoms with Gasteiger partial charge in [0.05, 0.1) is 44.7 Å². The fourth-order valence-corrected chi connectivity index (χ4v) is 4.88. The molecule has 0 spiro atoms. The number of rotatable bonds is 11. The third-order valence-corrected chi connectivity index (χ3v) is 6.87. The summed E-state index contributed by atoms with van der Waals surface area (Å²) in [5.74, 6) is 1.77. The Morgan fingerprint density at radius 3 is 2.45 bits per heavy atom. The third-order valence-electron chi connectivity index (χ3n) is 6.87. The molecule has 0 bridgehead atoms. The van der Waals surface area contributed by atoms with Crippen LogP contribution in [-0.4, -0.2) is 64.3 Å². The standard InChI is InChI=1S/C24H38O7/c1-23(2)20-14-17-6-7-19(30-16-29-13-11-27-5)18(15-28-12-10-26-4)22(17)31-24(20,3)9-8-21(23)25/h6-7,20-21,25H,8-16H2,1-5H3/t20-,21-,24-/m1/s1. The van der Waals surface area contributed by atoms with Gasteiger partial charge in [-0.2, -0.15) is 0 Å². The Kier molecular flexibility index (Phi) is 8.21. The number of hydrogen-bond donors (Lipinski definition) is 1. The minimum Gasteiger partial charge on any atom is -0.486 e. The lowest BCUT2D eigenvalue weighted by Crippen LogP contribution is -2.58. The molecule has 176 valence electrons. The highest BCUT2D eigenvalue weighted by molar-refractivity contribution is 5.52. The van der Waals surface area contributed by atoms with Gasteiger partial charge in [-0.25, -0.2) is 0 Å². The summed E-state index contributed by atoms with van der Waals surface area (Å²) in [6.45, 7) is 8.97. The summed E-state index contributed by atoms with van der Waals surface area (Å²) in [6.07, 6.45) is 2.08. The van der Waals surface area contributed by atoms with Crippen molar-refractivity contribution in [3.05, 3.63) is 23.3 Å². The van der Waals surface area contributed by atoms with Crippen molar-refractivity contribution in [2.75, 3.05) is 47.4 Å². The number of benzene rings is 1. The van der Waals surface area contributed by atoms with Gasteiger partial charge in [0.1, 0.15) is 17.1 Å². The molecule has 2 aliphatic rings. The average Bonchev–Trinajstić information content (AvgIpc) is 2.74. The van der Waals surface area contributed by atoms with Gasteiger partial charge in [-0.15, -0.1) is 0 Å². The van der Waals surface area contributed by atoms with E-state index < -0.39 is 0 Å². The SMILES string of the molecule is COCCOCOc1ccc2c(c1COCCOC)O[C@]1(C)CC[C@@H](O)C(C)(C)[C@H]1C2. The number of aliphatic hydroxyl groups excluding tert-OH is 1. The Hall–Kier alpha value is -1.38. The molecule has 0 amide bonds. The maximum Gasteiger partial charge on any atom is 0.189 e. The highest BCUT2D eigenvalue weighted by Crippen LogP contribution is 2.54. The van der Waals surface area contributed by atoms with Crippen molar-refractivity contribution in [2.24, 2.45) is 11.3 Å². The molecule has 7 nitrogen and oxygen atoms in total. The van der Waals surface area contributed by atoms with Gasteiger partial charge in [0.25, 0.3) is 0 Å². The summed E-state index contributed by atoms with van der Waals surface area (Å²) in [6, 6.07) is 4.03. The van der Waals surface area contributed by atoms with Gasteiger partial charge in [-0.1, -0.05) is 19.9 Å². The van der Waals surface area contributed by atoms with Crippen molar-refractivity contribution in [2.45, 2.75) is 58.3 Å². The van der Waals surface area contributed by atoms with Gasteiger partial charge in [0.2, 0.25) is 0 Å². The minimum absolute atomic E-state index is 0.131. The van der Waals surface area contributed by atoms with Crippen molar-refractivity contribution in [3.8, 4) is 11.5 Å². The molecular weight excluding hydrogens is 400 g/mol. The van der Waals surface area contributed by atoms with E-state index in [9.17, 15) is 5.11 Å². The number of fused-ring (bicyclic) bond motifs is 2. The van der Waals surface area contributed by atoms with E-state index in [0.717, 1.165) is 36.1 Å². The van der Waals surface area contributed by atoms with Crippen LogP contribution in [0.1, 0.15) is 44.7 Å². The molecule has 0 unspecified atom stereocenters. The molecule has 3 atom stereocenters. The van der Waals surface area contributed by atoms with E-state index in [1.54, 1.807) is 14.2 Å². The first kappa shape index (κ1) is 24.3. The van der Waals surface area contributed by atoms with E-state index in [1.165, 1.54) is 0 Å². The van der Waals surface area contributed by atoms with Crippen molar-refractivity contribution in [1.82, 2.24) is 0 Å². The first-order valence-electron chi connectivity index (χ1n) is 11.1. The largest absolute Gasteiger partial charge is 0.486 e. The lowest BCUT2D eigenvalue weighted by Gasteiger charge is -2.55. The zero-order valence-electron chi connectivity index (χ0n) is 19.6. The summed E-state index contributed by atoms with van der Waals surface area (Å²) >= 11 is 0. The summed E-state index contributed by atoms with van der Waals surface area (Å²) in [4.78, 5) is 0. The molecule has 1 aliphatic carbocycles. The van der Waals surface area contributed by atoms with E-state index >= 15 is 0 Å². The number of hydrogen-bond acceptors (Lipinski definition) is 7. The molecule has 3 rings (SSSR count). The molecular formula is C24H38O7. The molecule has 1 aromatic carbocycles. The minimum atomic E-state index is -0.343. The summed E-state index contributed by atoms with van der Waals surface area (Å²) in [7, 11) is 3.29. The van der Waals surface area contributed by atoms with Crippen molar-refractivity contribution < 1.29 is 33.5 Å². The fourth-order valence-electron chi connectivity index (χ4n) is 4.88. The summed E-state index contributed by atoms with van der Waals surface area (Å²) in [5.41, 5.74) is 1.46. The van der Waals surface area contributed by atoms with Crippen molar-refractivity contribution in [3.63, 3.8) is 0 Å². The van der Waals surface area contributed by atoms with E-state index in [1.807, 2.05) is 6.07 Å². The summed E-state index contributed by atoms with van der Waals surface area (Å²) in [5, 5.41) is 10.6. The molecule has 0 aromatic heterocycles. The highest BCUT2D eigenvalue weighted by Gasteiger charge is 2.54. The van der Waals surface area contributed by atoms with Crippen molar-refractivity contribution >= 4 is 0 Å². The first-order chi connectivity index (χ1) is 14.8. The third kappa shape index (κ3) is 5.34. The molecule has 1 aromatic rings. The monoisotopic (exact) mass is 438 g/mol. The molecule has 31 heavy (non-hydrogen) atoms. The van der Waals surface area contributed by atoms with Gasteiger partial charge in [-0.3, -0.25) is 0 Å². The van der Waals surface area contributed by atoms with Crippen LogP contribution in [0, 0.1) is 11.3 Å². The topological polar surface area (TPSA) is 75.6 Å². The molecule has 1 saturated carbocycles. The van der Waals surface area contributed by atoms with Gasteiger partial charge in [-0.05, 0) is 43.2 Å². The van der Waals surface area contributed by atoms with Crippen LogP contribution in [-0.2, 0) is 32.0 Å². The lowest BCUT2D eigenvalue weighted by atomic mass is 9.57. The van der Waals surface area contributed by atoms with Crippen LogP contribution in [0.3, 0.4) is 0 Å². The average molecular weight is 439 g/mol. The predicted molar refractivity (Wildman–Crippen MR) is 117 cm³/mol. The Morgan fingerprint density at radius 1 is 1.03 bits per heavy atom. The van der Waals surface area contributed by atoms with Crippen LogP contribution in [0.4, 0.5) is 0 Å². The molecule has 0 radical (unpaired) electrons. The number of ether oxygens (including phenoxy) is 6. The molecule has 7 heteroatoms. The molecule has 1 N–H and O–H groups in total. The smallest absolute Gasteiger partial charge is 0.189 e. The van der Waals surface area contributed by atoms with Crippen LogP contribution in [0.25, 0.3) is 0 Å². The van der Waals surface area contributed by atoms with E-state index in [-0.39, 0.29) is 29.8 Å². The maximum absolute atomic E-state index is 10.6. The quantitative estimate of drug-likeness (QED) is 0.419. The molecule has 1 aliphatic heterocycles. The van der Waals surface area contributed by atoms with E-state index in [0.29, 0.717) is 38.8 Å². The molecule has 0 saturated heterocycles. The Labute approximate surface area is 185 Å². The Morgan fingerprint density at radius 2 is 1.74 bits per heavy atom.